The molecule has 1 saturated heterocycles. The first kappa shape index (κ1) is 12.2. The molecule has 0 aromatic heterocycles. The third kappa shape index (κ3) is 1.41. The van der Waals surface area contributed by atoms with Gasteiger partial charge in [0.2, 0.25) is 0 Å². The third-order valence-corrected chi connectivity index (χ3v) is 5.16. The highest BCUT2D eigenvalue weighted by Gasteiger charge is 2.59. The molecule has 0 amide bonds. The summed E-state index contributed by atoms with van der Waals surface area (Å²) in [6.45, 7) is 1.02. The molecule has 0 radical (unpaired) electrons. The number of hydrogen-bond donors (Lipinski definition) is 0. The van der Waals surface area contributed by atoms with Gasteiger partial charge in [0.1, 0.15) is 0 Å². The highest BCUT2D eigenvalue weighted by atomic mass is 16.6. The molecule has 20 heavy (non-hydrogen) atoms. The Hall–Kier alpha value is -1.61. The van der Waals surface area contributed by atoms with Crippen molar-refractivity contribution in [1.82, 2.24) is 4.90 Å². The lowest BCUT2D eigenvalue weighted by atomic mass is 9.76. The van der Waals surface area contributed by atoms with Gasteiger partial charge in [-0.05, 0) is 38.3 Å². The van der Waals surface area contributed by atoms with Crippen LogP contribution in [0.2, 0.25) is 0 Å². The molecule has 1 spiro atoms. The topological polar surface area (TPSA) is 29.5 Å². The van der Waals surface area contributed by atoms with Crippen molar-refractivity contribution in [3.05, 3.63) is 41.5 Å². The van der Waals surface area contributed by atoms with Crippen molar-refractivity contribution in [1.29, 1.82) is 0 Å². The molecule has 0 N–H and O–H groups in total. The van der Waals surface area contributed by atoms with Gasteiger partial charge in [-0.1, -0.05) is 30.3 Å². The number of hydrogen-bond acceptors (Lipinski definition) is 3. The summed E-state index contributed by atoms with van der Waals surface area (Å²) in [6, 6.07) is 9.98. The van der Waals surface area contributed by atoms with Crippen molar-refractivity contribution in [3.63, 3.8) is 0 Å². The van der Waals surface area contributed by atoms with Gasteiger partial charge in [-0.25, -0.2) is 4.79 Å². The molecule has 1 aromatic rings. The molecule has 1 aliphatic carbocycles. The van der Waals surface area contributed by atoms with Crippen LogP contribution in [-0.2, 0) is 9.53 Å². The molecule has 1 aromatic carbocycles. The lowest BCUT2D eigenvalue weighted by molar-refractivity contribution is -0.164. The second-order valence-corrected chi connectivity index (χ2v) is 6.10. The molecule has 2 heterocycles. The molecule has 0 bridgehead atoms. The Bertz CT molecular complexity index is 590. The average Bonchev–Trinajstić information content (AvgIpc) is 2.95. The molecular weight excluding hydrogens is 250 g/mol. The number of ether oxygens (including phenoxy) is 1. The van der Waals surface area contributed by atoms with Crippen LogP contribution >= 0.6 is 0 Å². The molecule has 2 aliphatic heterocycles. The fourth-order valence-electron chi connectivity index (χ4n) is 4.28. The number of likely N-dealkylation sites (N-methyl/N-ethyl adjacent to an activating group) is 1. The molecule has 2 unspecified atom stereocenters. The second kappa shape index (κ2) is 4.19. The molecule has 3 heteroatoms. The predicted octanol–water partition coefficient (Wildman–Crippen LogP) is 2.83. The maximum Gasteiger partial charge on any atom is 0.340 e. The lowest BCUT2D eigenvalue weighted by Gasteiger charge is -2.41. The largest absolute Gasteiger partial charge is 0.436 e. The maximum atomic E-state index is 12.5. The molecular formula is C17H19NO2. The van der Waals surface area contributed by atoms with E-state index in [0.29, 0.717) is 5.92 Å². The third-order valence-electron chi connectivity index (χ3n) is 5.16. The summed E-state index contributed by atoms with van der Waals surface area (Å²) in [5.74, 6) is 0.341. The normalized spacial score (nSPS) is 33.0. The first-order valence-corrected chi connectivity index (χ1v) is 7.47. The summed E-state index contributed by atoms with van der Waals surface area (Å²) < 4.78 is 5.97. The Morgan fingerprint density at radius 2 is 2.05 bits per heavy atom. The number of likely N-dealkylation sites (tertiary alicyclic amines) is 1. The number of carbonyl (C=O) groups excluding carboxylic acids is 1. The van der Waals surface area contributed by atoms with Crippen molar-refractivity contribution in [2.75, 3.05) is 13.6 Å². The van der Waals surface area contributed by atoms with E-state index in [2.05, 4.69) is 11.9 Å². The van der Waals surface area contributed by atoms with Crippen LogP contribution in [0.3, 0.4) is 0 Å². The summed E-state index contributed by atoms with van der Waals surface area (Å²) in [5, 5.41) is 0. The standard InChI is InChI=1S/C17H19NO2/c1-18-11-10-13-8-5-9-14-15(12-6-3-2-4-7-12)16(19)20-17(13,14)18/h2-4,6-7,13H,5,8-11H2,1H3. The van der Waals surface area contributed by atoms with Gasteiger partial charge >= 0.3 is 5.97 Å². The van der Waals surface area contributed by atoms with Gasteiger partial charge in [0.25, 0.3) is 0 Å². The minimum Gasteiger partial charge on any atom is -0.436 e. The fourth-order valence-corrected chi connectivity index (χ4v) is 4.28. The Balaban J connectivity index is 1.91. The van der Waals surface area contributed by atoms with Gasteiger partial charge in [0.05, 0.1) is 5.57 Å². The Morgan fingerprint density at radius 3 is 2.85 bits per heavy atom. The van der Waals surface area contributed by atoms with E-state index in [1.165, 1.54) is 18.4 Å². The van der Waals surface area contributed by atoms with E-state index >= 15 is 0 Å². The van der Waals surface area contributed by atoms with Crippen LogP contribution in [0.4, 0.5) is 0 Å². The van der Waals surface area contributed by atoms with Gasteiger partial charge < -0.3 is 4.74 Å². The minimum absolute atomic E-state index is 0.133. The molecule has 2 fully saturated rings. The first-order valence-electron chi connectivity index (χ1n) is 7.47. The molecule has 2 atom stereocenters. The van der Waals surface area contributed by atoms with Crippen LogP contribution in [0.5, 0.6) is 0 Å². The lowest BCUT2D eigenvalue weighted by Crippen LogP contribution is -2.49. The first-order chi connectivity index (χ1) is 9.73. The Labute approximate surface area is 119 Å². The SMILES string of the molecule is CN1CCC2CCCC3=C(c4ccccc4)C(=O)OC321. The van der Waals surface area contributed by atoms with E-state index in [1.807, 2.05) is 30.3 Å². The van der Waals surface area contributed by atoms with Crippen molar-refractivity contribution in [2.45, 2.75) is 31.4 Å². The molecule has 3 aliphatic rings. The summed E-state index contributed by atoms with van der Waals surface area (Å²) in [4.78, 5) is 14.8. The highest BCUT2D eigenvalue weighted by Crippen LogP contribution is 2.54. The number of carbonyl (C=O) groups is 1. The zero-order valence-corrected chi connectivity index (χ0v) is 11.8. The number of rotatable bonds is 1. The van der Waals surface area contributed by atoms with Crippen LogP contribution in [0.1, 0.15) is 31.2 Å². The summed E-state index contributed by atoms with van der Waals surface area (Å²) >= 11 is 0. The van der Waals surface area contributed by atoms with Crippen LogP contribution < -0.4 is 0 Å². The van der Waals surface area contributed by atoms with Crippen molar-refractivity contribution in [2.24, 2.45) is 5.92 Å². The molecule has 4 rings (SSSR count). The van der Waals surface area contributed by atoms with E-state index in [4.69, 9.17) is 4.74 Å². The van der Waals surface area contributed by atoms with Crippen molar-refractivity contribution in [3.8, 4) is 0 Å². The van der Waals surface area contributed by atoms with Crippen LogP contribution in [0.25, 0.3) is 5.57 Å². The van der Waals surface area contributed by atoms with E-state index < -0.39 is 5.72 Å². The van der Waals surface area contributed by atoms with Gasteiger partial charge in [-0.3, -0.25) is 4.90 Å². The maximum absolute atomic E-state index is 12.5. The van der Waals surface area contributed by atoms with E-state index in [-0.39, 0.29) is 5.97 Å². The van der Waals surface area contributed by atoms with Gasteiger partial charge in [0, 0.05) is 18.0 Å². The van der Waals surface area contributed by atoms with Gasteiger partial charge in [-0.15, -0.1) is 0 Å². The quantitative estimate of drug-likeness (QED) is 0.734. The van der Waals surface area contributed by atoms with Gasteiger partial charge in [-0.2, -0.15) is 0 Å². The second-order valence-electron chi connectivity index (χ2n) is 6.10. The smallest absolute Gasteiger partial charge is 0.340 e. The van der Waals surface area contributed by atoms with Gasteiger partial charge in [0.15, 0.2) is 5.72 Å². The molecule has 1 saturated carbocycles. The summed E-state index contributed by atoms with van der Waals surface area (Å²) in [5.41, 5.74) is 2.62. The van der Waals surface area contributed by atoms with E-state index in [1.54, 1.807) is 0 Å². The van der Waals surface area contributed by atoms with E-state index in [9.17, 15) is 4.79 Å². The predicted molar refractivity (Wildman–Crippen MR) is 76.8 cm³/mol. The molecule has 104 valence electrons. The van der Waals surface area contributed by atoms with Crippen molar-refractivity contribution < 1.29 is 9.53 Å². The summed E-state index contributed by atoms with van der Waals surface area (Å²) in [7, 11) is 2.09. The number of benzene rings is 1. The van der Waals surface area contributed by atoms with Crippen molar-refractivity contribution >= 4 is 11.5 Å². The molecule has 3 nitrogen and oxygen atoms in total. The monoisotopic (exact) mass is 269 g/mol. The number of nitrogens with zero attached hydrogens (tertiary/aromatic N) is 1. The zero-order valence-electron chi connectivity index (χ0n) is 11.8. The van der Waals surface area contributed by atoms with E-state index in [0.717, 1.165) is 30.5 Å². The summed E-state index contributed by atoms with van der Waals surface area (Å²) in [6.07, 6.45) is 4.46. The highest BCUT2D eigenvalue weighted by molar-refractivity contribution is 6.20. The average molecular weight is 269 g/mol. The Morgan fingerprint density at radius 1 is 1.25 bits per heavy atom. The van der Waals surface area contributed by atoms with Crippen LogP contribution in [0, 0.1) is 5.92 Å². The number of esters is 1. The minimum atomic E-state index is -0.430. The fraction of sp³-hybridized carbons (Fsp3) is 0.471. The van der Waals surface area contributed by atoms with Crippen LogP contribution in [0.15, 0.2) is 35.9 Å². The Kier molecular flexibility index (Phi) is 2.55. The van der Waals surface area contributed by atoms with Crippen LogP contribution in [-0.4, -0.2) is 30.2 Å². The zero-order chi connectivity index (χ0) is 13.7.